The molecule has 0 radical (unpaired) electrons. The van der Waals surface area contributed by atoms with E-state index < -0.39 is 0 Å². The van der Waals surface area contributed by atoms with E-state index in [0.29, 0.717) is 12.1 Å². The molecule has 0 bridgehead atoms. The van der Waals surface area contributed by atoms with Gasteiger partial charge in [0.05, 0.1) is 0 Å². The Morgan fingerprint density at radius 2 is 2.00 bits per heavy atom. The van der Waals surface area contributed by atoms with Gasteiger partial charge in [0, 0.05) is 18.1 Å². The Morgan fingerprint density at radius 3 is 2.72 bits per heavy atom. The molecule has 0 amide bonds. The number of nitrogens with zero attached hydrogens (tertiary/aromatic N) is 1. The molecular weight excluding hydrogens is 220 g/mol. The second-order valence-corrected chi connectivity index (χ2v) is 5.74. The number of aryl methyl sites for hydroxylation is 1. The number of benzene rings is 1. The first-order valence-corrected chi connectivity index (χ1v) is 7.34. The average molecular weight is 244 g/mol. The van der Waals surface area contributed by atoms with Gasteiger partial charge in [-0.25, -0.2) is 0 Å². The minimum atomic E-state index is 0.519. The second-order valence-electron chi connectivity index (χ2n) is 5.74. The van der Waals surface area contributed by atoms with Gasteiger partial charge in [-0.05, 0) is 50.4 Å². The van der Waals surface area contributed by atoms with E-state index in [1.807, 2.05) is 0 Å². The van der Waals surface area contributed by atoms with Crippen LogP contribution in [-0.4, -0.2) is 30.6 Å². The summed E-state index contributed by atoms with van der Waals surface area (Å²) in [4.78, 5) is 2.63. The normalized spacial score (nSPS) is 27.3. The van der Waals surface area contributed by atoms with Crippen molar-refractivity contribution < 1.29 is 0 Å². The van der Waals surface area contributed by atoms with Gasteiger partial charge >= 0.3 is 0 Å². The van der Waals surface area contributed by atoms with Crippen molar-refractivity contribution in [3.63, 3.8) is 0 Å². The summed E-state index contributed by atoms with van der Waals surface area (Å²) in [5.74, 6) is 0. The molecule has 0 heterocycles. The van der Waals surface area contributed by atoms with Crippen molar-refractivity contribution in [2.45, 2.75) is 50.7 Å². The number of fused-ring (bicyclic) bond motifs is 1. The van der Waals surface area contributed by atoms with E-state index in [4.69, 9.17) is 0 Å². The van der Waals surface area contributed by atoms with Crippen molar-refractivity contribution in [3.05, 3.63) is 35.4 Å². The van der Waals surface area contributed by atoms with Crippen LogP contribution in [0.3, 0.4) is 0 Å². The van der Waals surface area contributed by atoms with Crippen molar-refractivity contribution in [2.24, 2.45) is 0 Å². The molecule has 2 aliphatic carbocycles. The first kappa shape index (κ1) is 12.2. The van der Waals surface area contributed by atoms with E-state index in [9.17, 15) is 0 Å². The third-order valence-electron chi connectivity index (χ3n) is 4.55. The van der Waals surface area contributed by atoms with Crippen LogP contribution in [0.2, 0.25) is 0 Å². The van der Waals surface area contributed by atoms with Gasteiger partial charge < -0.3 is 5.32 Å². The molecule has 1 N–H and O–H groups in total. The van der Waals surface area contributed by atoms with E-state index in [0.717, 1.165) is 12.6 Å². The minimum Gasteiger partial charge on any atom is -0.309 e. The smallest absolute Gasteiger partial charge is 0.0480 e. The zero-order valence-corrected chi connectivity index (χ0v) is 11.5. The molecule has 0 saturated heterocycles. The maximum absolute atomic E-state index is 3.71. The Balaban J connectivity index is 1.87. The lowest BCUT2D eigenvalue weighted by atomic mass is 9.83. The fourth-order valence-corrected chi connectivity index (χ4v) is 3.40. The summed E-state index contributed by atoms with van der Waals surface area (Å²) < 4.78 is 0. The molecule has 2 aliphatic rings. The van der Waals surface area contributed by atoms with E-state index in [-0.39, 0.29) is 0 Å². The average Bonchev–Trinajstić information content (AvgIpc) is 3.23. The molecule has 3 rings (SSSR count). The predicted molar refractivity (Wildman–Crippen MR) is 75.8 cm³/mol. The highest BCUT2D eigenvalue weighted by Crippen LogP contribution is 2.37. The van der Waals surface area contributed by atoms with E-state index >= 15 is 0 Å². The van der Waals surface area contributed by atoms with Crippen molar-refractivity contribution in [1.82, 2.24) is 10.2 Å². The largest absolute Gasteiger partial charge is 0.309 e. The summed E-state index contributed by atoms with van der Waals surface area (Å²) in [5.41, 5.74) is 3.08. The molecule has 98 valence electrons. The van der Waals surface area contributed by atoms with Gasteiger partial charge in [0.15, 0.2) is 0 Å². The Kier molecular flexibility index (Phi) is 3.40. The molecule has 18 heavy (non-hydrogen) atoms. The monoisotopic (exact) mass is 244 g/mol. The van der Waals surface area contributed by atoms with Crippen molar-refractivity contribution in [3.8, 4) is 0 Å². The van der Waals surface area contributed by atoms with Crippen LogP contribution in [0.15, 0.2) is 24.3 Å². The highest BCUT2D eigenvalue weighted by Gasteiger charge is 2.37. The highest BCUT2D eigenvalue weighted by atomic mass is 15.2. The quantitative estimate of drug-likeness (QED) is 0.876. The fourth-order valence-electron chi connectivity index (χ4n) is 3.40. The van der Waals surface area contributed by atoms with Crippen molar-refractivity contribution in [2.75, 3.05) is 13.6 Å². The number of nitrogens with one attached hydrogen (secondary N) is 1. The lowest BCUT2D eigenvalue weighted by Crippen LogP contribution is -2.46. The van der Waals surface area contributed by atoms with Gasteiger partial charge in [-0.1, -0.05) is 31.2 Å². The summed E-state index contributed by atoms with van der Waals surface area (Å²) in [6, 6.07) is 11.0. The summed E-state index contributed by atoms with van der Waals surface area (Å²) in [5, 5.41) is 3.71. The predicted octanol–water partition coefficient (Wildman–Crippen LogP) is 2.75. The molecule has 2 heteroatoms. The maximum Gasteiger partial charge on any atom is 0.0480 e. The standard InChI is InChI=1S/C16H24N2/c1-3-17-16-14-7-5-4-6-12(14)8-11-15(16)18(2)13-9-10-13/h4-7,13,15-17H,3,8-11H2,1-2H3. The molecule has 2 unspecified atom stereocenters. The minimum absolute atomic E-state index is 0.519. The molecule has 0 spiro atoms. The lowest BCUT2D eigenvalue weighted by molar-refractivity contribution is 0.166. The number of rotatable bonds is 4. The summed E-state index contributed by atoms with van der Waals surface area (Å²) in [6.45, 7) is 3.26. The molecule has 1 fully saturated rings. The van der Waals surface area contributed by atoms with Crippen LogP contribution in [0, 0.1) is 0 Å². The number of likely N-dealkylation sites (N-methyl/N-ethyl adjacent to an activating group) is 2. The molecule has 0 aliphatic heterocycles. The first-order chi connectivity index (χ1) is 8.81. The zero-order valence-electron chi connectivity index (χ0n) is 11.5. The van der Waals surface area contributed by atoms with Gasteiger partial charge in [-0.15, -0.1) is 0 Å². The Bertz CT molecular complexity index is 411. The van der Waals surface area contributed by atoms with E-state index in [1.54, 1.807) is 5.56 Å². The highest BCUT2D eigenvalue weighted by molar-refractivity contribution is 5.34. The summed E-state index contributed by atoms with van der Waals surface area (Å²) in [7, 11) is 2.32. The third kappa shape index (κ3) is 2.19. The van der Waals surface area contributed by atoms with Gasteiger partial charge in [-0.3, -0.25) is 4.90 Å². The molecule has 1 saturated carbocycles. The zero-order chi connectivity index (χ0) is 12.5. The third-order valence-corrected chi connectivity index (χ3v) is 4.55. The topological polar surface area (TPSA) is 15.3 Å². The Morgan fingerprint density at radius 1 is 1.22 bits per heavy atom. The molecule has 2 atom stereocenters. The van der Waals surface area contributed by atoms with Gasteiger partial charge in [0.2, 0.25) is 0 Å². The van der Waals surface area contributed by atoms with Crippen molar-refractivity contribution in [1.29, 1.82) is 0 Å². The Hall–Kier alpha value is -0.860. The molecule has 1 aromatic carbocycles. The van der Waals surface area contributed by atoms with E-state index in [2.05, 4.69) is 48.5 Å². The van der Waals surface area contributed by atoms with Gasteiger partial charge in [0.1, 0.15) is 0 Å². The fraction of sp³-hybridized carbons (Fsp3) is 0.625. The second kappa shape index (κ2) is 5.02. The van der Waals surface area contributed by atoms with Crippen LogP contribution in [0.4, 0.5) is 0 Å². The van der Waals surface area contributed by atoms with Crippen LogP contribution in [-0.2, 0) is 6.42 Å². The van der Waals surface area contributed by atoms with Crippen LogP contribution in [0.25, 0.3) is 0 Å². The molecule has 2 nitrogen and oxygen atoms in total. The van der Waals surface area contributed by atoms with Crippen LogP contribution >= 0.6 is 0 Å². The van der Waals surface area contributed by atoms with Crippen LogP contribution in [0.1, 0.15) is 43.4 Å². The van der Waals surface area contributed by atoms with Crippen LogP contribution in [0.5, 0.6) is 0 Å². The molecule has 1 aromatic rings. The Labute approximate surface area is 110 Å². The number of hydrogen-bond donors (Lipinski definition) is 1. The number of hydrogen-bond acceptors (Lipinski definition) is 2. The maximum atomic E-state index is 3.71. The SMILES string of the molecule is CCNC1c2ccccc2CCC1N(C)C1CC1. The molecule has 0 aromatic heterocycles. The van der Waals surface area contributed by atoms with Gasteiger partial charge in [-0.2, -0.15) is 0 Å². The summed E-state index contributed by atoms with van der Waals surface area (Å²) in [6.07, 6.45) is 5.32. The van der Waals surface area contributed by atoms with Crippen molar-refractivity contribution >= 4 is 0 Å². The van der Waals surface area contributed by atoms with Gasteiger partial charge in [0.25, 0.3) is 0 Å². The van der Waals surface area contributed by atoms with E-state index in [1.165, 1.54) is 31.2 Å². The first-order valence-electron chi connectivity index (χ1n) is 7.34. The molecular formula is C16H24N2. The lowest BCUT2D eigenvalue weighted by Gasteiger charge is -2.40. The summed E-state index contributed by atoms with van der Waals surface area (Å²) >= 11 is 0. The van der Waals surface area contributed by atoms with Crippen LogP contribution < -0.4 is 5.32 Å².